The van der Waals surface area contributed by atoms with Gasteiger partial charge >= 0.3 is 0 Å². The van der Waals surface area contributed by atoms with E-state index in [0.717, 1.165) is 13.1 Å². The number of fused-ring (bicyclic) bond motifs is 1. The minimum atomic E-state index is 0.899. The maximum Gasteiger partial charge on any atom is 0.0223 e. The molecule has 0 unspecified atom stereocenters. The third-order valence-electron chi connectivity index (χ3n) is 3.42. The Morgan fingerprint density at radius 1 is 0.947 bits per heavy atom. The van der Waals surface area contributed by atoms with E-state index in [-0.39, 0.29) is 0 Å². The van der Waals surface area contributed by atoms with Crippen molar-refractivity contribution in [1.29, 1.82) is 0 Å². The molecular formula is C17H18N2. The lowest BCUT2D eigenvalue weighted by Gasteiger charge is -2.07. The number of rotatable bonds is 4. The molecule has 1 heterocycles. The van der Waals surface area contributed by atoms with Crippen molar-refractivity contribution in [2.24, 2.45) is 7.05 Å². The molecular weight excluding hydrogens is 232 g/mol. The number of aryl methyl sites for hydroxylation is 1. The van der Waals surface area contributed by atoms with E-state index in [1.807, 2.05) is 7.05 Å². The summed E-state index contributed by atoms with van der Waals surface area (Å²) in [5, 5.41) is 6.16. The van der Waals surface area contributed by atoms with Gasteiger partial charge in [-0.15, -0.1) is 0 Å². The second-order valence-electron chi connectivity index (χ2n) is 4.93. The summed E-state index contributed by atoms with van der Waals surface area (Å²) in [6, 6.07) is 17.2. The Morgan fingerprint density at radius 2 is 1.79 bits per heavy atom. The summed E-state index contributed by atoms with van der Waals surface area (Å²) in [6.45, 7) is 1.81. The maximum absolute atomic E-state index is 3.51. The molecule has 0 aliphatic carbocycles. The van der Waals surface area contributed by atoms with Crippen LogP contribution in [0.15, 0.2) is 60.9 Å². The fraction of sp³-hybridized carbons (Fsp3) is 0.176. The van der Waals surface area contributed by atoms with E-state index in [0.29, 0.717) is 0 Å². The molecule has 0 saturated carbocycles. The van der Waals surface area contributed by atoms with Crippen molar-refractivity contribution in [2.75, 3.05) is 0 Å². The SMILES string of the molecule is Cn1ccc(CNCc2cccc3ccccc23)c1. The standard InChI is InChI=1S/C17H18N2/c1-19-10-9-14(13-19)11-18-12-16-7-4-6-15-5-2-3-8-17(15)16/h2-10,13,18H,11-12H2,1H3. The van der Waals surface area contributed by atoms with Crippen molar-refractivity contribution in [3.8, 4) is 0 Å². The predicted molar refractivity (Wildman–Crippen MR) is 79.9 cm³/mol. The van der Waals surface area contributed by atoms with E-state index >= 15 is 0 Å². The van der Waals surface area contributed by atoms with Crippen LogP contribution in [0.5, 0.6) is 0 Å². The Morgan fingerprint density at radius 3 is 2.63 bits per heavy atom. The van der Waals surface area contributed by atoms with Crippen LogP contribution in [0, 0.1) is 0 Å². The lowest BCUT2D eigenvalue weighted by molar-refractivity contribution is 0.695. The number of aromatic nitrogens is 1. The summed E-state index contributed by atoms with van der Waals surface area (Å²) in [7, 11) is 2.05. The maximum atomic E-state index is 3.51. The summed E-state index contributed by atoms with van der Waals surface area (Å²) in [6.07, 6.45) is 4.23. The van der Waals surface area contributed by atoms with Crippen molar-refractivity contribution in [3.05, 3.63) is 72.1 Å². The minimum Gasteiger partial charge on any atom is -0.357 e. The van der Waals surface area contributed by atoms with Crippen molar-refractivity contribution < 1.29 is 0 Å². The summed E-state index contributed by atoms with van der Waals surface area (Å²) in [5.74, 6) is 0. The van der Waals surface area contributed by atoms with Crippen LogP contribution in [-0.4, -0.2) is 4.57 Å². The zero-order valence-corrected chi connectivity index (χ0v) is 11.1. The van der Waals surface area contributed by atoms with Gasteiger partial charge in [0.15, 0.2) is 0 Å². The van der Waals surface area contributed by atoms with Crippen LogP contribution in [0.1, 0.15) is 11.1 Å². The molecule has 0 amide bonds. The van der Waals surface area contributed by atoms with Gasteiger partial charge in [0, 0.05) is 32.5 Å². The number of hydrogen-bond donors (Lipinski definition) is 1. The second kappa shape index (κ2) is 5.29. The lowest BCUT2D eigenvalue weighted by Crippen LogP contribution is -2.12. The molecule has 0 fully saturated rings. The van der Waals surface area contributed by atoms with Gasteiger partial charge in [-0.05, 0) is 28.0 Å². The van der Waals surface area contributed by atoms with Crippen molar-refractivity contribution in [1.82, 2.24) is 9.88 Å². The number of hydrogen-bond acceptors (Lipinski definition) is 1. The smallest absolute Gasteiger partial charge is 0.0223 e. The van der Waals surface area contributed by atoms with Gasteiger partial charge in [-0.25, -0.2) is 0 Å². The molecule has 0 atom stereocenters. The quantitative estimate of drug-likeness (QED) is 0.750. The highest BCUT2D eigenvalue weighted by molar-refractivity contribution is 5.85. The van der Waals surface area contributed by atoms with E-state index in [9.17, 15) is 0 Å². The van der Waals surface area contributed by atoms with E-state index in [1.54, 1.807) is 0 Å². The molecule has 2 aromatic carbocycles. The Balaban J connectivity index is 1.71. The normalized spacial score (nSPS) is 11.0. The molecule has 1 N–H and O–H groups in total. The molecule has 0 bridgehead atoms. The first-order valence-corrected chi connectivity index (χ1v) is 6.61. The van der Waals surface area contributed by atoms with Crippen LogP contribution >= 0.6 is 0 Å². The highest BCUT2D eigenvalue weighted by Crippen LogP contribution is 2.18. The molecule has 0 aliphatic rings. The van der Waals surface area contributed by atoms with Crippen LogP contribution in [0.3, 0.4) is 0 Å². The molecule has 19 heavy (non-hydrogen) atoms. The van der Waals surface area contributed by atoms with Gasteiger partial charge < -0.3 is 9.88 Å². The third-order valence-corrected chi connectivity index (χ3v) is 3.42. The molecule has 3 rings (SSSR count). The van der Waals surface area contributed by atoms with Gasteiger partial charge in [-0.2, -0.15) is 0 Å². The fourth-order valence-electron chi connectivity index (χ4n) is 2.45. The average molecular weight is 250 g/mol. The minimum absolute atomic E-state index is 0.899. The van der Waals surface area contributed by atoms with Crippen LogP contribution in [0.25, 0.3) is 10.8 Å². The number of nitrogens with zero attached hydrogens (tertiary/aromatic N) is 1. The summed E-state index contributed by atoms with van der Waals surface area (Å²) < 4.78 is 2.08. The van der Waals surface area contributed by atoms with Crippen LogP contribution in [0.4, 0.5) is 0 Å². The number of benzene rings is 2. The predicted octanol–water partition coefficient (Wildman–Crippen LogP) is 3.47. The molecule has 2 heteroatoms. The Labute approximate surface area is 113 Å². The van der Waals surface area contributed by atoms with Gasteiger partial charge in [0.05, 0.1) is 0 Å². The fourth-order valence-corrected chi connectivity index (χ4v) is 2.45. The summed E-state index contributed by atoms with van der Waals surface area (Å²) >= 11 is 0. The Hall–Kier alpha value is -2.06. The van der Waals surface area contributed by atoms with Gasteiger partial charge in [-0.3, -0.25) is 0 Å². The summed E-state index contributed by atoms with van der Waals surface area (Å²) in [4.78, 5) is 0. The van der Waals surface area contributed by atoms with Gasteiger partial charge in [-0.1, -0.05) is 42.5 Å². The molecule has 3 aromatic rings. The molecule has 96 valence electrons. The van der Waals surface area contributed by atoms with Crippen molar-refractivity contribution >= 4 is 10.8 Å². The summed E-state index contributed by atoms with van der Waals surface area (Å²) in [5.41, 5.74) is 2.68. The molecule has 0 aliphatic heterocycles. The third kappa shape index (κ3) is 2.69. The molecule has 1 aromatic heterocycles. The largest absolute Gasteiger partial charge is 0.357 e. The molecule has 0 spiro atoms. The van der Waals surface area contributed by atoms with Crippen LogP contribution < -0.4 is 5.32 Å². The first-order valence-electron chi connectivity index (χ1n) is 6.61. The number of nitrogens with one attached hydrogen (secondary N) is 1. The van der Waals surface area contributed by atoms with E-state index in [4.69, 9.17) is 0 Å². The highest BCUT2D eigenvalue weighted by Gasteiger charge is 2.00. The average Bonchev–Trinajstić information content (AvgIpc) is 2.85. The molecule has 2 nitrogen and oxygen atoms in total. The van der Waals surface area contributed by atoms with E-state index in [2.05, 4.69) is 70.8 Å². The zero-order valence-electron chi connectivity index (χ0n) is 11.1. The van der Waals surface area contributed by atoms with Gasteiger partial charge in [0.1, 0.15) is 0 Å². The highest BCUT2D eigenvalue weighted by atomic mass is 14.9. The zero-order chi connectivity index (χ0) is 13.1. The molecule has 0 saturated heterocycles. The van der Waals surface area contributed by atoms with E-state index in [1.165, 1.54) is 21.9 Å². The first-order chi connectivity index (χ1) is 9.33. The van der Waals surface area contributed by atoms with E-state index < -0.39 is 0 Å². The van der Waals surface area contributed by atoms with Gasteiger partial charge in [0.2, 0.25) is 0 Å². The first kappa shape index (κ1) is 12.0. The topological polar surface area (TPSA) is 17.0 Å². The van der Waals surface area contributed by atoms with Crippen molar-refractivity contribution in [3.63, 3.8) is 0 Å². The second-order valence-corrected chi connectivity index (χ2v) is 4.93. The Kier molecular flexibility index (Phi) is 3.34. The van der Waals surface area contributed by atoms with Crippen LogP contribution in [0.2, 0.25) is 0 Å². The van der Waals surface area contributed by atoms with Crippen molar-refractivity contribution in [2.45, 2.75) is 13.1 Å². The van der Waals surface area contributed by atoms with Gasteiger partial charge in [0.25, 0.3) is 0 Å². The Bertz CT molecular complexity index is 677. The molecule has 0 radical (unpaired) electrons. The van der Waals surface area contributed by atoms with Crippen LogP contribution in [-0.2, 0) is 20.1 Å². The lowest BCUT2D eigenvalue weighted by atomic mass is 10.0. The monoisotopic (exact) mass is 250 g/mol.